The first-order chi connectivity index (χ1) is 25.1. The second-order valence-corrected chi connectivity index (χ2v) is 12.3. The number of aromatic nitrogens is 5. The number of imidazole rings is 1. The Labute approximate surface area is 294 Å². The fraction of sp³-hybridized carbons (Fsp3) is 0.289. The van der Waals surface area contributed by atoms with Gasteiger partial charge in [-0.05, 0) is 29.5 Å². The van der Waals surface area contributed by atoms with Crippen molar-refractivity contribution in [2.75, 3.05) is 30.0 Å². The average Bonchev–Trinajstić information content (AvgIpc) is 3.91. The lowest BCUT2D eigenvalue weighted by molar-refractivity contribution is -0.140. The molecule has 0 unspecified atom stereocenters. The first-order valence-electron chi connectivity index (χ1n) is 16.9. The summed E-state index contributed by atoms with van der Waals surface area (Å²) < 4.78 is 18.8. The van der Waals surface area contributed by atoms with E-state index < -0.39 is 24.5 Å². The molecule has 7 rings (SSSR count). The standard InChI is InChI=1S/C38H39N7O6/c1-2-28-20-30(51-43-28)33-34(49-24-47)32(48)37(50-33)45-22-40-31-35(39-21-29(26-14-8-4-9-15-26)27-16-10-5-11-17-27)41-38(42-36(31)45)44(23-46)19-18-25-12-6-3-7-13-25/h3-17,20,22,24,29,32-34,37,46,48H,2,18-19,21,23H2,1H3,(H,39,41,42)/t32-,33-,34+,37-/m1/s1. The molecule has 0 spiro atoms. The van der Waals surface area contributed by atoms with Crippen LogP contribution < -0.4 is 10.2 Å². The summed E-state index contributed by atoms with van der Waals surface area (Å²) in [4.78, 5) is 27.6. The molecule has 1 saturated heterocycles. The number of carbonyl (C=O) groups excluding carboxylic acids is 1. The van der Waals surface area contributed by atoms with Gasteiger partial charge in [0.1, 0.15) is 12.8 Å². The van der Waals surface area contributed by atoms with Crippen molar-refractivity contribution in [3.05, 3.63) is 132 Å². The normalized spacial score (nSPS) is 18.7. The minimum Gasteiger partial charge on any atom is -0.458 e. The first-order valence-corrected chi connectivity index (χ1v) is 16.9. The molecule has 3 N–H and O–H groups in total. The summed E-state index contributed by atoms with van der Waals surface area (Å²) in [5.41, 5.74) is 4.82. The Morgan fingerprint density at radius 3 is 2.31 bits per heavy atom. The summed E-state index contributed by atoms with van der Waals surface area (Å²) in [6.07, 6.45) is -1.61. The molecule has 1 aliphatic rings. The number of nitrogens with zero attached hydrogens (tertiary/aromatic N) is 6. The Hall–Kier alpha value is -5.63. The van der Waals surface area contributed by atoms with E-state index in [1.807, 2.05) is 73.7 Å². The maximum Gasteiger partial charge on any atom is 0.293 e. The number of aliphatic hydroxyl groups excluding tert-OH is 2. The van der Waals surface area contributed by atoms with Gasteiger partial charge in [-0.3, -0.25) is 9.36 Å². The van der Waals surface area contributed by atoms with E-state index in [0.29, 0.717) is 54.4 Å². The Balaban J connectivity index is 1.27. The molecule has 262 valence electrons. The molecule has 6 aromatic rings. The Kier molecular flexibility index (Phi) is 10.3. The maximum atomic E-state index is 11.5. The monoisotopic (exact) mass is 689 g/mol. The van der Waals surface area contributed by atoms with E-state index in [1.54, 1.807) is 15.5 Å². The van der Waals surface area contributed by atoms with Crippen LogP contribution in [-0.2, 0) is 27.1 Å². The predicted molar refractivity (Wildman–Crippen MR) is 189 cm³/mol. The smallest absolute Gasteiger partial charge is 0.293 e. The van der Waals surface area contributed by atoms with Gasteiger partial charge in [0.25, 0.3) is 6.47 Å². The fourth-order valence-electron chi connectivity index (χ4n) is 6.45. The van der Waals surface area contributed by atoms with Gasteiger partial charge in [-0.15, -0.1) is 0 Å². The van der Waals surface area contributed by atoms with Crippen LogP contribution in [0.2, 0.25) is 0 Å². The molecule has 0 radical (unpaired) electrons. The molecule has 3 aromatic carbocycles. The van der Waals surface area contributed by atoms with E-state index in [0.717, 1.165) is 16.7 Å². The van der Waals surface area contributed by atoms with Crippen molar-refractivity contribution in [1.29, 1.82) is 0 Å². The van der Waals surface area contributed by atoms with Gasteiger partial charge in [0, 0.05) is 25.1 Å². The summed E-state index contributed by atoms with van der Waals surface area (Å²) in [5.74, 6) is 1.000. The minimum atomic E-state index is -1.31. The molecule has 1 aliphatic heterocycles. The van der Waals surface area contributed by atoms with Gasteiger partial charge in [-0.1, -0.05) is 103 Å². The molecular formula is C38H39N7O6. The predicted octanol–water partition coefficient (Wildman–Crippen LogP) is 4.79. The van der Waals surface area contributed by atoms with E-state index in [1.165, 1.54) is 6.33 Å². The summed E-state index contributed by atoms with van der Waals surface area (Å²) in [7, 11) is 0. The van der Waals surface area contributed by atoms with Crippen LogP contribution in [0.4, 0.5) is 11.8 Å². The van der Waals surface area contributed by atoms with Crippen LogP contribution in [0.5, 0.6) is 0 Å². The van der Waals surface area contributed by atoms with Crippen LogP contribution >= 0.6 is 0 Å². The SMILES string of the molecule is CCc1cc([C@H]2O[C@@H](n3cnc4c(NCC(c5ccccc5)c5ccccc5)nc(N(CO)CCc5ccccc5)nc43)[C@H](O)[C@@H]2OC=O)on1. The molecule has 13 nitrogen and oxygen atoms in total. The largest absolute Gasteiger partial charge is 0.458 e. The van der Waals surface area contributed by atoms with Gasteiger partial charge in [0.2, 0.25) is 5.95 Å². The molecule has 0 aliphatic carbocycles. The Bertz CT molecular complexity index is 1990. The van der Waals surface area contributed by atoms with Crippen molar-refractivity contribution in [1.82, 2.24) is 24.7 Å². The van der Waals surface area contributed by atoms with E-state index >= 15 is 0 Å². The van der Waals surface area contributed by atoms with Gasteiger partial charge in [-0.25, -0.2) is 4.98 Å². The topological polar surface area (TPSA) is 161 Å². The summed E-state index contributed by atoms with van der Waals surface area (Å²) in [5, 5.41) is 29.7. The molecule has 1 fully saturated rings. The maximum absolute atomic E-state index is 11.5. The number of benzene rings is 3. The second-order valence-electron chi connectivity index (χ2n) is 12.3. The van der Waals surface area contributed by atoms with Gasteiger partial charge in [0.05, 0.1) is 12.0 Å². The van der Waals surface area contributed by atoms with Gasteiger partial charge < -0.3 is 34.4 Å². The van der Waals surface area contributed by atoms with Crippen LogP contribution in [-0.4, -0.2) is 73.4 Å². The lowest BCUT2D eigenvalue weighted by atomic mass is 9.91. The Morgan fingerprint density at radius 1 is 1.00 bits per heavy atom. The zero-order valence-corrected chi connectivity index (χ0v) is 28.0. The average molecular weight is 690 g/mol. The number of hydrogen-bond acceptors (Lipinski definition) is 12. The van der Waals surface area contributed by atoms with Crippen LogP contribution in [0.3, 0.4) is 0 Å². The van der Waals surface area contributed by atoms with E-state index in [-0.39, 0.29) is 25.1 Å². The van der Waals surface area contributed by atoms with Gasteiger partial charge in [0.15, 0.2) is 41.2 Å². The number of aryl methyl sites for hydroxylation is 1. The highest BCUT2D eigenvalue weighted by Crippen LogP contribution is 2.42. The van der Waals surface area contributed by atoms with Crippen LogP contribution in [0, 0.1) is 0 Å². The first kappa shape index (κ1) is 33.8. The lowest BCUT2D eigenvalue weighted by Gasteiger charge is -2.23. The number of fused-ring (bicyclic) bond motifs is 1. The third kappa shape index (κ3) is 7.17. The molecule has 3 aromatic heterocycles. The molecule has 0 bridgehead atoms. The van der Waals surface area contributed by atoms with Crippen molar-refractivity contribution in [3.63, 3.8) is 0 Å². The van der Waals surface area contributed by atoms with Gasteiger partial charge in [-0.2, -0.15) is 9.97 Å². The zero-order valence-electron chi connectivity index (χ0n) is 28.0. The van der Waals surface area contributed by atoms with Crippen molar-refractivity contribution < 1.29 is 29.0 Å². The van der Waals surface area contributed by atoms with Crippen LogP contribution in [0.1, 0.15) is 53.3 Å². The third-order valence-corrected chi connectivity index (χ3v) is 9.17. The Morgan fingerprint density at radius 2 is 1.69 bits per heavy atom. The molecule has 13 heteroatoms. The van der Waals surface area contributed by atoms with E-state index in [9.17, 15) is 15.0 Å². The van der Waals surface area contributed by atoms with Crippen molar-refractivity contribution in [2.45, 2.75) is 50.2 Å². The number of nitrogens with one attached hydrogen (secondary N) is 1. The highest BCUT2D eigenvalue weighted by molar-refractivity contribution is 5.84. The van der Waals surface area contributed by atoms with Crippen LogP contribution in [0.15, 0.2) is 108 Å². The number of aliphatic hydroxyl groups is 2. The van der Waals surface area contributed by atoms with Crippen molar-refractivity contribution >= 4 is 29.4 Å². The number of hydrogen-bond donors (Lipinski definition) is 3. The fourth-order valence-corrected chi connectivity index (χ4v) is 6.45. The van der Waals surface area contributed by atoms with Crippen LogP contribution in [0.25, 0.3) is 11.2 Å². The lowest BCUT2D eigenvalue weighted by Crippen LogP contribution is -2.32. The number of ether oxygens (including phenoxy) is 2. The second kappa shape index (κ2) is 15.5. The minimum absolute atomic E-state index is 0.0214. The summed E-state index contributed by atoms with van der Waals surface area (Å²) in [6, 6.07) is 32.1. The van der Waals surface area contributed by atoms with Gasteiger partial charge >= 0.3 is 0 Å². The molecular weight excluding hydrogens is 650 g/mol. The van der Waals surface area contributed by atoms with Crippen molar-refractivity contribution in [2.24, 2.45) is 0 Å². The molecule has 4 atom stereocenters. The molecule has 51 heavy (non-hydrogen) atoms. The highest BCUT2D eigenvalue weighted by atomic mass is 16.6. The number of carbonyl (C=O) groups is 1. The van der Waals surface area contributed by atoms with Crippen molar-refractivity contribution in [3.8, 4) is 0 Å². The number of anilines is 2. The van der Waals surface area contributed by atoms with E-state index in [4.69, 9.17) is 24.0 Å². The highest BCUT2D eigenvalue weighted by Gasteiger charge is 2.49. The summed E-state index contributed by atoms with van der Waals surface area (Å²) >= 11 is 0. The quantitative estimate of drug-likeness (QED) is 0.100. The molecule has 0 saturated carbocycles. The van der Waals surface area contributed by atoms with E-state index in [2.05, 4.69) is 39.7 Å². The number of rotatable bonds is 15. The summed E-state index contributed by atoms with van der Waals surface area (Å²) in [6.45, 7) is 2.78. The zero-order chi connectivity index (χ0) is 35.2. The molecule has 4 heterocycles. The molecule has 0 amide bonds. The third-order valence-electron chi connectivity index (χ3n) is 9.17.